The summed E-state index contributed by atoms with van der Waals surface area (Å²) in [4.78, 5) is 23.9. The van der Waals surface area contributed by atoms with E-state index in [-0.39, 0.29) is 5.91 Å². The predicted molar refractivity (Wildman–Crippen MR) is 113 cm³/mol. The van der Waals surface area contributed by atoms with Crippen LogP contribution in [0.4, 0.5) is 5.82 Å². The SMILES string of the molecule is CCCCN(C)c1c(CC)nc2ccc(C(=O)NCCc3ccccn3)cn12. The van der Waals surface area contributed by atoms with Gasteiger partial charge in [-0.15, -0.1) is 0 Å². The highest BCUT2D eigenvalue weighted by molar-refractivity contribution is 5.94. The lowest BCUT2D eigenvalue weighted by Gasteiger charge is -2.20. The second kappa shape index (κ2) is 9.35. The van der Waals surface area contributed by atoms with Crippen molar-refractivity contribution in [1.29, 1.82) is 0 Å². The third-order valence-corrected chi connectivity index (χ3v) is 4.86. The number of nitrogens with zero attached hydrogens (tertiary/aromatic N) is 4. The van der Waals surface area contributed by atoms with E-state index in [4.69, 9.17) is 4.98 Å². The van der Waals surface area contributed by atoms with Gasteiger partial charge in [0.05, 0.1) is 11.3 Å². The molecular formula is C22H29N5O. The van der Waals surface area contributed by atoms with Crippen LogP contribution in [0, 0.1) is 0 Å². The van der Waals surface area contributed by atoms with Gasteiger partial charge in [0.15, 0.2) is 0 Å². The first kappa shape index (κ1) is 19.9. The number of rotatable bonds is 9. The molecule has 0 atom stereocenters. The van der Waals surface area contributed by atoms with Crippen molar-refractivity contribution in [2.45, 2.75) is 39.5 Å². The number of aryl methyl sites for hydroxylation is 1. The van der Waals surface area contributed by atoms with Gasteiger partial charge in [0.1, 0.15) is 11.5 Å². The van der Waals surface area contributed by atoms with Crippen molar-refractivity contribution in [1.82, 2.24) is 19.7 Å². The van der Waals surface area contributed by atoms with Crippen LogP contribution in [0.3, 0.4) is 0 Å². The van der Waals surface area contributed by atoms with Gasteiger partial charge in [-0.2, -0.15) is 0 Å². The normalized spacial score (nSPS) is 11.0. The lowest BCUT2D eigenvalue weighted by atomic mass is 10.2. The van der Waals surface area contributed by atoms with E-state index in [1.165, 1.54) is 0 Å². The molecule has 0 fully saturated rings. The van der Waals surface area contributed by atoms with Gasteiger partial charge in [0.25, 0.3) is 5.91 Å². The first-order chi connectivity index (χ1) is 13.6. The molecule has 6 nitrogen and oxygen atoms in total. The molecule has 0 spiro atoms. The third-order valence-electron chi connectivity index (χ3n) is 4.86. The predicted octanol–water partition coefficient (Wildman–Crippen LogP) is 3.50. The molecule has 3 aromatic heterocycles. The van der Waals surface area contributed by atoms with Crippen LogP contribution in [-0.4, -0.2) is 40.4 Å². The fraction of sp³-hybridized carbons (Fsp3) is 0.409. The average molecular weight is 380 g/mol. The van der Waals surface area contributed by atoms with Gasteiger partial charge in [0.2, 0.25) is 0 Å². The number of unbranched alkanes of at least 4 members (excludes halogenated alkanes) is 1. The Hall–Kier alpha value is -2.89. The van der Waals surface area contributed by atoms with E-state index in [0.29, 0.717) is 18.5 Å². The van der Waals surface area contributed by atoms with Crippen LogP contribution < -0.4 is 10.2 Å². The minimum absolute atomic E-state index is 0.0771. The molecule has 0 aliphatic heterocycles. The van der Waals surface area contributed by atoms with Crippen LogP contribution in [0.15, 0.2) is 42.7 Å². The fourth-order valence-electron chi connectivity index (χ4n) is 3.31. The summed E-state index contributed by atoms with van der Waals surface area (Å²) in [7, 11) is 2.10. The summed E-state index contributed by atoms with van der Waals surface area (Å²) in [5.41, 5.74) is 3.55. The Bertz CT molecular complexity index is 919. The smallest absolute Gasteiger partial charge is 0.252 e. The number of fused-ring (bicyclic) bond motifs is 1. The molecule has 1 N–H and O–H groups in total. The van der Waals surface area contributed by atoms with E-state index in [0.717, 1.165) is 48.7 Å². The Morgan fingerprint density at radius 2 is 2.07 bits per heavy atom. The topological polar surface area (TPSA) is 62.5 Å². The molecule has 28 heavy (non-hydrogen) atoms. The zero-order valence-electron chi connectivity index (χ0n) is 17.0. The highest BCUT2D eigenvalue weighted by Crippen LogP contribution is 2.23. The van der Waals surface area contributed by atoms with Crippen LogP contribution in [0.1, 0.15) is 48.4 Å². The number of hydrogen-bond acceptors (Lipinski definition) is 4. The first-order valence-electron chi connectivity index (χ1n) is 10.0. The maximum absolute atomic E-state index is 12.6. The molecule has 0 saturated carbocycles. The van der Waals surface area contributed by atoms with Crippen molar-refractivity contribution in [2.75, 3.05) is 25.0 Å². The second-order valence-electron chi connectivity index (χ2n) is 6.98. The number of pyridine rings is 2. The average Bonchev–Trinajstić information content (AvgIpc) is 3.10. The summed E-state index contributed by atoms with van der Waals surface area (Å²) < 4.78 is 2.04. The number of hydrogen-bond donors (Lipinski definition) is 1. The van der Waals surface area contributed by atoms with Crippen LogP contribution in [-0.2, 0) is 12.8 Å². The molecule has 0 unspecified atom stereocenters. The maximum Gasteiger partial charge on any atom is 0.252 e. The minimum atomic E-state index is -0.0771. The number of aromatic nitrogens is 3. The molecule has 3 rings (SSSR count). The molecule has 1 amide bonds. The zero-order valence-corrected chi connectivity index (χ0v) is 17.0. The van der Waals surface area contributed by atoms with E-state index in [2.05, 4.69) is 36.1 Å². The quantitative estimate of drug-likeness (QED) is 0.618. The first-order valence-corrected chi connectivity index (χ1v) is 10.0. The van der Waals surface area contributed by atoms with Gasteiger partial charge in [-0.1, -0.05) is 26.3 Å². The van der Waals surface area contributed by atoms with E-state index in [1.807, 2.05) is 40.9 Å². The molecule has 3 aromatic rings. The molecule has 0 aliphatic rings. The van der Waals surface area contributed by atoms with Crippen LogP contribution in [0.25, 0.3) is 5.65 Å². The van der Waals surface area contributed by atoms with E-state index < -0.39 is 0 Å². The maximum atomic E-state index is 12.6. The highest BCUT2D eigenvalue weighted by atomic mass is 16.1. The number of nitrogens with one attached hydrogen (secondary N) is 1. The fourth-order valence-corrected chi connectivity index (χ4v) is 3.31. The van der Waals surface area contributed by atoms with Gasteiger partial charge < -0.3 is 10.2 Å². The molecule has 148 valence electrons. The van der Waals surface area contributed by atoms with Crippen molar-refractivity contribution < 1.29 is 4.79 Å². The Balaban J connectivity index is 1.77. The number of anilines is 1. The summed E-state index contributed by atoms with van der Waals surface area (Å²) in [6.45, 7) is 5.83. The van der Waals surface area contributed by atoms with Crippen LogP contribution in [0.2, 0.25) is 0 Å². The summed E-state index contributed by atoms with van der Waals surface area (Å²) in [6, 6.07) is 9.58. The largest absolute Gasteiger partial charge is 0.359 e. The molecule has 0 bridgehead atoms. The van der Waals surface area contributed by atoms with E-state index in [1.54, 1.807) is 6.20 Å². The Labute approximate surface area is 166 Å². The Morgan fingerprint density at radius 3 is 2.79 bits per heavy atom. The molecule has 0 radical (unpaired) electrons. The van der Waals surface area contributed by atoms with Gasteiger partial charge in [-0.3, -0.25) is 14.2 Å². The Morgan fingerprint density at radius 1 is 1.21 bits per heavy atom. The van der Waals surface area contributed by atoms with Crippen LogP contribution >= 0.6 is 0 Å². The standard InChI is InChI=1S/C22H29N5O/c1-4-6-15-26(3)22-19(5-2)25-20-11-10-17(16-27(20)22)21(28)24-14-12-18-9-7-8-13-23-18/h7-11,13,16H,4-6,12,14-15H2,1-3H3,(H,24,28). The minimum Gasteiger partial charge on any atom is -0.359 e. The molecule has 6 heteroatoms. The number of carbonyl (C=O) groups excluding carboxylic acids is 1. The number of carbonyl (C=O) groups is 1. The molecular weight excluding hydrogens is 350 g/mol. The molecule has 0 aliphatic carbocycles. The lowest BCUT2D eigenvalue weighted by molar-refractivity contribution is 0.0953. The summed E-state index contributed by atoms with van der Waals surface area (Å²) in [6.07, 6.45) is 7.51. The Kier molecular flexibility index (Phi) is 6.63. The summed E-state index contributed by atoms with van der Waals surface area (Å²) in [5.74, 6) is 1.00. The van der Waals surface area contributed by atoms with Gasteiger partial charge in [0, 0.05) is 44.6 Å². The van der Waals surface area contributed by atoms with Crippen molar-refractivity contribution in [3.63, 3.8) is 0 Å². The summed E-state index contributed by atoms with van der Waals surface area (Å²) in [5, 5.41) is 2.99. The van der Waals surface area contributed by atoms with Crippen LogP contribution in [0.5, 0.6) is 0 Å². The summed E-state index contributed by atoms with van der Waals surface area (Å²) >= 11 is 0. The second-order valence-corrected chi connectivity index (χ2v) is 6.98. The highest BCUT2D eigenvalue weighted by Gasteiger charge is 2.16. The van der Waals surface area contributed by atoms with E-state index >= 15 is 0 Å². The number of imidazole rings is 1. The molecule has 3 heterocycles. The van der Waals surface area contributed by atoms with Crippen molar-refractivity contribution in [2.24, 2.45) is 0 Å². The van der Waals surface area contributed by atoms with Crippen molar-refractivity contribution in [3.05, 3.63) is 59.7 Å². The van der Waals surface area contributed by atoms with Gasteiger partial charge in [-0.05, 0) is 37.1 Å². The zero-order chi connectivity index (χ0) is 19.9. The monoisotopic (exact) mass is 379 g/mol. The van der Waals surface area contributed by atoms with E-state index in [9.17, 15) is 4.79 Å². The van der Waals surface area contributed by atoms with Crippen molar-refractivity contribution in [3.8, 4) is 0 Å². The van der Waals surface area contributed by atoms with Gasteiger partial charge >= 0.3 is 0 Å². The molecule has 0 aromatic carbocycles. The molecule has 0 saturated heterocycles. The number of amides is 1. The van der Waals surface area contributed by atoms with Gasteiger partial charge in [-0.25, -0.2) is 4.98 Å². The third kappa shape index (κ3) is 4.50. The van der Waals surface area contributed by atoms with Crippen molar-refractivity contribution >= 4 is 17.4 Å². The lowest BCUT2D eigenvalue weighted by Crippen LogP contribution is -2.26.